The molecular weight excluding hydrogens is 390 g/mol. The summed E-state index contributed by atoms with van der Waals surface area (Å²) in [6.07, 6.45) is 3.82. The van der Waals surface area contributed by atoms with Gasteiger partial charge in [0.25, 0.3) is 0 Å². The third-order valence-corrected chi connectivity index (χ3v) is 7.79. The summed E-state index contributed by atoms with van der Waals surface area (Å²) in [4.78, 5) is 13.8. The lowest BCUT2D eigenvalue weighted by Gasteiger charge is -2.25. The van der Waals surface area contributed by atoms with E-state index >= 15 is 0 Å². The van der Waals surface area contributed by atoms with Crippen molar-refractivity contribution in [3.05, 3.63) is 41.6 Å². The zero-order chi connectivity index (χ0) is 20.6. The molecule has 29 heavy (non-hydrogen) atoms. The van der Waals surface area contributed by atoms with Crippen molar-refractivity contribution >= 4 is 21.6 Å². The molecule has 1 unspecified atom stereocenters. The molecular formula is C21H27N3O4S. The molecule has 1 saturated heterocycles. The average Bonchev–Trinajstić information content (AvgIpc) is 3.22. The summed E-state index contributed by atoms with van der Waals surface area (Å²) in [6, 6.07) is 9.23. The molecule has 0 spiro atoms. The Kier molecular flexibility index (Phi) is 5.38. The lowest BCUT2D eigenvalue weighted by Crippen LogP contribution is -2.38. The topological polar surface area (TPSA) is 92.5 Å². The number of benzene rings is 1. The van der Waals surface area contributed by atoms with E-state index in [1.807, 2.05) is 30.3 Å². The quantitative estimate of drug-likeness (QED) is 0.710. The lowest BCUT2D eigenvalue weighted by molar-refractivity contribution is -0.138. The van der Waals surface area contributed by atoms with Crippen LogP contribution in [0.15, 0.2) is 35.2 Å². The minimum absolute atomic E-state index is 0.122. The molecule has 4 rings (SSSR count). The second kappa shape index (κ2) is 7.82. The number of carbonyl (C=O) groups is 1. The van der Waals surface area contributed by atoms with E-state index in [1.54, 1.807) is 16.5 Å². The average molecular weight is 418 g/mol. The highest BCUT2D eigenvalue weighted by Gasteiger charge is 2.40. The van der Waals surface area contributed by atoms with E-state index in [2.05, 4.69) is 5.10 Å². The van der Waals surface area contributed by atoms with Crippen LogP contribution in [0.3, 0.4) is 0 Å². The van der Waals surface area contributed by atoms with Gasteiger partial charge in [-0.05, 0) is 50.5 Å². The van der Waals surface area contributed by atoms with Gasteiger partial charge in [0.2, 0.25) is 0 Å². The van der Waals surface area contributed by atoms with Crippen LogP contribution in [0.2, 0.25) is 0 Å². The van der Waals surface area contributed by atoms with Gasteiger partial charge in [0.15, 0.2) is 9.84 Å². The molecule has 1 aliphatic heterocycles. The monoisotopic (exact) mass is 417 g/mol. The van der Waals surface area contributed by atoms with E-state index in [4.69, 9.17) is 0 Å². The van der Waals surface area contributed by atoms with Crippen LogP contribution in [-0.2, 0) is 27.6 Å². The third-order valence-electron chi connectivity index (χ3n) is 5.77. The maximum atomic E-state index is 13.2. The molecule has 0 radical (unpaired) electrons. The molecule has 2 aromatic rings. The fraction of sp³-hybridized carbons (Fsp3) is 0.524. The van der Waals surface area contributed by atoms with Crippen molar-refractivity contribution in [1.29, 1.82) is 0 Å². The Labute approximate surface area is 171 Å². The number of aryl methyl sites for hydroxylation is 3. The number of nitrogens with zero attached hydrogens (tertiary/aromatic N) is 3. The maximum Gasteiger partial charge on any atom is 0.326 e. The largest absolute Gasteiger partial charge is 0.480 e. The molecule has 156 valence electrons. The molecule has 7 nitrogen and oxygen atoms in total. The highest BCUT2D eigenvalue weighted by molar-refractivity contribution is 7.91. The minimum atomic E-state index is -3.52. The summed E-state index contributed by atoms with van der Waals surface area (Å²) >= 11 is 0. The number of carboxylic acid groups (broad SMARTS) is 1. The predicted octanol–water partition coefficient (Wildman–Crippen LogP) is 2.67. The first-order chi connectivity index (χ1) is 13.9. The third kappa shape index (κ3) is 4.17. The van der Waals surface area contributed by atoms with Crippen molar-refractivity contribution in [2.45, 2.75) is 56.5 Å². The number of aromatic nitrogens is 2. The zero-order valence-electron chi connectivity index (χ0n) is 16.6. The second-order valence-corrected chi connectivity index (χ2v) is 10.1. The molecule has 1 saturated carbocycles. The molecule has 8 heteroatoms. The van der Waals surface area contributed by atoms with E-state index < -0.39 is 21.8 Å². The van der Waals surface area contributed by atoms with Gasteiger partial charge in [-0.2, -0.15) is 5.10 Å². The Balaban J connectivity index is 1.74. The second-order valence-electron chi connectivity index (χ2n) is 8.11. The molecule has 2 fully saturated rings. The fourth-order valence-electron chi connectivity index (χ4n) is 4.19. The Hall–Kier alpha value is -2.35. The molecule has 1 aliphatic carbocycles. The molecule has 1 atom stereocenters. The van der Waals surface area contributed by atoms with Crippen LogP contribution in [0, 0.1) is 12.8 Å². The van der Waals surface area contributed by atoms with Crippen molar-refractivity contribution < 1.29 is 18.3 Å². The van der Waals surface area contributed by atoms with Crippen LogP contribution in [-0.4, -0.2) is 47.6 Å². The van der Waals surface area contributed by atoms with E-state index in [-0.39, 0.29) is 16.6 Å². The summed E-state index contributed by atoms with van der Waals surface area (Å²) in [5.41, 5.74) is 1.59. The van der Waals surface area contributed by atoms with Gasteiger partial charge < -0.3 is 10.0 Å². The van der Waals surface area contributed by atoms with Gasteiger partial charge >= 0.3 is 5.97 Å². The number of hydrogen-bond donors (Lipinski definition) is 1. The first kappa shape index (κ1) is 19.9. The standard InChI is InChI=1S/C21H27N3O4S/c1-15-19(29(27,28)14-17-9-10-17)20(23-12-5-8-18(23)21(25)26)24(22-15)13-11-16-6-3-2-4-7-16/h2-4,6-7,17-18H,5,8-14H2,1H3,(H,25,26). The Morgan fingerprint density at radius 3 is 2.59 bits per heavy atom. The van der Waals surface area contributed by atoms with Gasteiger partial charge in [0, 0.05) is 13.1 Å². The van der Waals surface area contributed by atoms with Crippen molar-refractivity contribution in [3.63, 3.8) is 0 Å². The summed E-state index contributed by atoms with van der Waals surface area (Å²) < 4.78 is 28.1. The molecule has 1 N–H and O–H groups in total. The van der Waals surface area contributed by atoms with Gasteiger partial charge in [0.05, 0.1) is 11.4 Å². The highest BCUT2D eigenvalue weighted by Crippen LogP contribution is 2.38. The van der Waals surface area contributed by atoms with E-state index in [0.29, 0.717) is 37.4 Å². The van der Waals surface area contributed by atoms with Crippen LogP contribution < -0.4 is 4.90 Å². The Bertz CT molecular complexity index is 996. The Morgan fingerprint density at radius 2 is 1.93 bits per heavy atom. The predicted molar refractivity (Wildman–Crippen MR) is 110 cm³/mol. The van der Waals surface area contributed by atoms with Crippen molar-refractivity contribution in [1.82, 2.24) is 9.78 Å². The number of aliphatic carboxylic acids is 1. The summed E-state index contributed by atoms with van der Waals surface area (Å²) in [5, 5.41) is 14.2. The fourth-order valence-corrected chi connectivity index (χ4v) is 6.30. The lowest BCUT2D eigenvalue weighted by atomic mass is 10.1. The summed E-state index contributed by atoms with van der Waals surface area (Å²) in [5.74, 6) is -0.115. The van der Waals surface area contributed by atoms with Gasteiger partial charge in [-0.15, -0.1) is 0 Å². The maximum absolute atomic E-state index is 13.2. The number of rotatable bonds is 8. The van der Waals surface area contributed by atoms with Crippen LogP contribution in [0.4, 0.5) is 5.82 Å². The van der Waals surface area contributed by atoms with Gasteiger partial charge in [-0.3, -0.25) is 0 Å². The van der Waals surface area contributed by atoms with Gasteiger partial charge in [0.1, 0.15) is 16.8 Å². The van der Waals surface area contributed by atoms with E-state index in [9.17, 15) is 18.3 Å². The summed E-state index contributed by atoms with van der Waals surface area (Å²) in [6.45, 7) is 2.75. The van der Waals surface area contributed by atoms with Crippen molar-refractivity contribution in [2.24, 2.45) is 5.92 Å². The number of carboxylic acids is 1. The molecule has 2 aliphatic rings. The minimum Gasteiger partial charge on any atom is -0.480 e. The highest BCUT2D eigenvalue weighted by atomic mass is 32.2. The van der Waals surface area contributed by atoms with E-state index in [1.165, 1.54) is 0 Å². The number of hydrogen-bond acceptors (Lipinski definition) is 5. The molecule has 0 bridgehead atoms. The van der Waals surface area contributed by atoms with Gasteiger partial charge in [-0.1, -0.05) is 30.3 Å². The SMILES string of the molecule is Cc1nn(CCc2ccccc2)c(N2CCCC2C(=O)O)c1S(=O)(=O)CC1CC1. The van der Waals surface area contributed by atoms with Crippen LogP contribution >= 0.6 is 0 Å². The first-order valence-corrected chi connectivity index (χ1v) is 11.9. The first-order valence-electron chi connectivity index (χ1n) is 10.2. The molecule has 2 heterocycles. The Morgan fingerprint density at radius 1 is 1.21 bits per heavy atom. The van der Waals surface area contributed by atoms with E-state index in [0.717, 1.165) is 24.8 Å². The number of anilines is 1. The van der Waals surface area contributed by atoms with Crippen molar-refractivity contribution in [3.8, 4) is 0 Å². The smallest absolute Gasteiger partial charge is 0.326 e. The molecule has 0 amide bonds. The number of sulfone groups is 1. The molecule has 1 aromatic carbocycles. The van der Waals surface area contributed by atoms with Crippen LogP contribution in [0.25, 0.3) is 0 Å². The molecule has 1 aromatic heterocycles. The van der Waals surface area contributed by atoms with Crippen LogP contribution in [0.5, 0.6) is 0 Å². The normalized spacial score (nSPS) is 19.6. The van der Waals surface area contributed by atoms with Gasteiger partial charge in [-0.25, -0.2) is 17.9 Å². The zero-order valence-corrected chi connectivity index (χ0v) is 17.4. The van der Waals surface area contributed by atoms with Crippen LogP contribution in [0.1, 0.15) is 36.9 Å². The summed E-state index contributed by atoms with van der Waals surface area (Å²) in [7, 11) is -3.52. The van der Waals surface area contributed by atoms with Crippen molar-refractivity contribution in [2.75, 3.05) is 17.2 Å².